The van der Waals surface area contributed by atoms with Crippen LogP contribution in [-0.2, 0) is 0 Å². The predicted molar refractivity (Wildman–Crippen MR) is 135 cm³/mol. The molecule has 0 bridgehead atoms. The summed E-state index contributed by atoms with van der Waals surface area (Å²) in [6.07, 6.45) is 6.83. The highest BCUT2D eigenvalue weighted by molar-refractivity contribution is 6.36. The summed E-state index contributed by atoms with van der Waals surface area (Å²) < 4.78 is 12.2. The van der Waals surface area contributed by atoms with Gasteiger partial charge in [-0.15, -0.1) is 0 Å². The van der Waals surface area contributed by atoms with Gasteiger partial charge >= 0.3 is 6.01 Å². The van der Waals surface area contributed by atoms with Crippen LogP contribution in [0.3, 0.4) is 0 Å². The molecule has 2 aromatic heterocycles. The summed E-state index contributed by atoms with van der Waals surface area (Å²) in [6.45, 7) is 0.556. The molecule has 1 fully saturated rings. The van der Waals surface area contributed by atoms with Gasteiger partial charge in [-0.3, -0.25) is 4.98 Å². The molecule has 34 heavy (non-hydrogen) atoms. The van der Waals surface area contributed by atoms with Crippen molar-refractivity contribution in [2.24, 2.45) is 5.92 Å². The lowest BCUT2D eigenvalue weighted by molar-refractivity contribution is 0.169. The maximum absolute atomic E-state index is 6.62. The molecule has 0 unspecified atom stereocenters. The number of halogens is 3. The van der Waals surface area contributed by atoms with E-state index in [2.05, 4.69) is 9.97 Å². The number of aromatic nitrogens is 3. The van der Waals surface area contributed by atoms with Crippen LogP contribution in [0, 0.1) is 5.92 Å². The van der Waals surface area contributed by atoms with Gasteiger partial charge in [-0.25, -0.2) is 0 Å². The fraction of sp³-hybridized carbons (Fsp3) is 0.192. The van der Waals surface area contributed by atoms with Gasteiger partial charge in [0.1, 0.15) is 5.75 Å². The quantitative estimate of drug-likeness (QED) is 0.250. The van der Waals surface area contributed by atoms with Crippen molar-refractivity contribution in [2.75, 3.05) is 6.61 Å². The average molecular weight is 513 g/mol. The minimum Gasteiger partial charge on any atom is -0.463 e. The zero-order valence-electron chi connectivity index (χ0n) is 18.0. The van der Waals surface area contributed by atoms with Gasteiger partial charge < -0.3 is 9.47 Å². The van der Waals surface area contributed by atoms with Gasteiger partial charge in [-0.2, -0.15) is 9.97 Å². The van der Waals surface area contributed by atoms with Crippen molar-refractivity contribution in [3.63, 3.8) is 0 Å². The Morgan fingerprint density at radius 1 is 0.912 bits per heavy atom. The fourth-order valence-corrected chi connectivity index (χ4v) is 4.31. The normalized spacial score (nSPS) is 13.4. The predicted octanol–water partition coefficient (Wildman–Crippen LogP) is 8.14. The van der Waals surface area contributed by atoms with E-state index in [0.29, 0.717) is 56.0 Å². The molecule has 2 heterocycles. The SMILES string of the molecule is Clc1ccc(-c2c(Oc3cccnc3)nc(OCC3CCC3)nc2-c2ccc(Cl)cc2Cl)cc1. The van der Waals surface area contributed by atoms with Gasteiger partial charge in [0.15, 0.2) is 0 Å². The van der Waals surface area contributed by atoms with Gasteiger partial charge in [-0.1, -0.05) is 53.4 Å². The zero-order valence-corrected chi connectivity index (χ0v) is 20.3. The van der Waals surface area contributed by atoms with Crippen LogP contribution in [-0.4, -0.2) is 21.6 Å². The molecule has 5 rings (SSSR count). The molecule has 4 aromatic rings. The third-order valence-electron chi connectivity index (χ3n) is 5.70. The summed E-state index contributed by atoms with van der Waals surface area (Å²) in [4.78, 5) is 13.6. The van der Waals surface area contributed by atoms with E-state index >= 15 is 0 Å². The summed E-state index contributed by atoms with van der Waals surface area (Å²) in [5, 5.41) is 1.61. The van der Waals surface area contributed by atoms with E-state index in [-0.39, 0.29) is 6.01 Å². The van der Waals surface area contributed by atoms with E-state index in [1.807, 2.05) is 24.3 Å². The van der Waals surface area contributed by atoms with Crippen molar-refractivity contribution in [3.8, 4) is 40.0 Å². The van der Waals surface area contributed by atoms with Crippen LogP contribution in [0.2, 0.25) is 15.1 Å². The minimum atomic E-state index is 0.226. The van der Waals surface area contributed by atoms with E-state index in [1.54, 1.807) is 42.7 Å². The molecule has 1 aliphatic carbocycles. The summed E-state index contributed by atoms with van der Waals surface area (Å²) in [5.74, 6) is 1.38. The highest BCUT2D eigenvalue weighted by Gasteiger charge is 2.24. The molecule has 8 heteroatoms. The monoisotopic (exact) mass is 511 g/mol. The molecular weight excluding hydrogens is 493 g/mol. The lowest BCUT2D eigenvalue weighted by atomic mass is 9.86. The second kappa shape index (κ2) is 10.2. The van der Waals surface area contributed by atoms with Gasteiger partial charge in [0, 0.05) is 21.8 Å². The van der Waals surface area contributed by atoms with Crippen LogP contribution in [0.25, 0.3) is 22.4 Å². The van der Waals surface area contributed by atoms with Gasteiger partial charge in [0.2, 0.25) is 5.88 Å². The Labute approximate surface area is 212 Å². The first-order valence-electron chi connectivity index (χ1n) is 10.9. The Morgan fingerprint density at radius 3 is 2.38 bits per heavy atom. The molecule has 0 amide bonds. The van der Waals surface area contributed by atoms with Crippen LogP contribution in [0.1, 0.15) is 19.3 Å². The number of benzene rings is 2. The smallest absolute Gasteiger partial charge is 0.320 e. The molecular formula is C26H20Cl3N3O2. The largest absolute Gasteiger partial charge is 0.463 e. The van der Waals surface area contributed by atoms with Crippen LogP contribution in [0.5, 0.6) is 17.6 Å². The maximum Gasteiger partial charge on any atom is 0.320 e. The van der Waals surface area contributed by atoms with Crippen molar-refractivity contribution >= 4 is 34.8 Å². The molecule has 1 aliphatic rings. The Kier molecular flexibility index (Phi) is 6.86. The molecule has 2 aromatic carbocycles. The number of rotatable bonds is 7. The van der Waals surface area contributed by atoms with Crippen molar-refractivity contribution < 1.29 is 9.47 Å². The number of hydrogen-bond acceptors (Lipinski definition) is 5. The topological polar surface area (TPSA) is 57.1 Å². The van der Waals surface area contributed by atoms with Crippen molar-refractivity contribution in [1.82, 2.24) is 15.0 Å². The second-order valence-electron chi connectivity index (χ2n) is 8.06. The number of ether oxygens (including phenoxy) is 2. The van der Waals surface area contributed by atoms with Gasteiger partial charge in [0.05, 0.1) is 29.1 Å². The highest BCUT2D eigenvalue weighted by atomic mass is 35.5. The Morgan fingerprint density at radius 2 is 1.71 bits per heavy atom. The molecule has 0 radical (unpaired) electrons. The van der Waals surface area contributed by atoms with E-state index in [1.165, 1.54) is 6.42 Å². The van der Waals surface area contributed by atoms with E-state index in [4.69, 9.17) is 49.3 Å². The lowest BCUT2D eigenvalue weighted by Gasteiger charge is -2.25. The molecule has 0 N–H and O–H groups in total. The van der Waals surface area contributed by atoms with Gasteiger partial charge in [0.25, 0.3) is 0 Å². The second-order valence-corrected chi connectivity index (χ2v) is 9.34. The number of pyridine rings is 1. The van der Waals surface area contributed by atoms with Crippen LogP contribution in [0.15, 0.2) is 67.0 Å². The molecule has 172 valence electrons. The third kappa shape index (κ3) is 5.12. The van der Waals surface area contributed by atoms with Gasteiger partial charge in [-0.05, 0) is 66.8 Å². The first-order chi connectivity index (χ1) is 16.6. The Hall–Kier alpha value is -2.86. The van der Waals surface area contributed by atoms with E-state index in [0.717, 1.165) is 18.4 Å². The first-order valence-corrected chi connectivity index (χ1v) is 12.0. The van der Waals surface area contributed by atoms with Crippen molar-refractivity contribution in [2.45, 2.75) is 19.3 Å². The van der Waals surface area contributed by atoms with E-state index < -0.39 is 0 Å². The average Bonchev–Trinajstić information content (AvgIpc) is 2.79. The van der Waals surface area contributed by atoms with Crippen LogP contribution in [0.4, 0.5) is 0 Å². The molecule has 5 nitrogen and oxygen atoms in total. The summed E-state index contributed by atoms with van der Waals surface area (Å²) in [7, 11) is 0. The molecule has 0 saturated heterocycles. The van der Waals surface area contributed by atoms with Crippen LogP contribution >= 0.6 is 34.8 Å². The first kappa shape index (κ1) is 22.9. The molecule has 0 spiro atoms. The summed E-state index contributed by atoms with van der Waals surface area (Å²) in [6, 6.07) is 16.5. The number of hydrogen-bond donors (Lipinski definition) is 0. The van der Waals surface area contributed by atoms with Crippen molar-refractivity contribution in [3.05, 3.63) is 82.1 Å². The Bertz CT molecular complexity index is 1300. The van der Waals surface area contributed by atoms with E-state index in [9.17, 15) is 0 Å². The summed E-state index contributed by atoms with van der Waals surface area (Å²) >= 11 is 18.9. The maximum atomic E-state index is 6.62. The minimum absolute atomic E-state index is 0.226. The summed E-state index contributed by atoms with van der Waals surface area (Å²) in [5.41, 5.74) is 2.72. The standard InChI is InChI=1S/C26H20Cl3N3O2/c27-18-8-6-17(7-9-18)23-24(21-11-10-19(28)13-22(21)29)31-26(33-15-16-3-1-4-16)32-25(23)34-20-5-2-12-30-14-20/h2,5-14,16H,1,3-4,15H2. The molecule has 0 atom stereocenters. The zero-order chi connectivity index (χ0) is 23.5. The molecule has 1 saturated carbocycles. The molecule has 0 aliphatic heterocycles. The lowest BCUT2D eigenvalue weighted by Crippen LogP contribution is -2.20. The van der Waals surface area contributed by atoms with Crippen molar-refractivity contribution in [1.29, 1.82) is 0 Å². The van der Waals surface area contributed by atoms with Crippen LogP contribution < -0.4 is 9.47 Å². The fourth-order valence-electron chi connectivity index (χ4n) is 3.68. The highest BCUT2D eigenvalue weighted by Crippen LogP contribution is 2.43. The Balaban J connectivity index is 1.69. The third-order valence-corrected chi connectivity index (χ3v) is 6.50. The number of nitrogens with zero attached hydrogens (tertiary/aromatic N) is 3.